The van der Waals surface area contributed by atoms with E-state index in [4.69, 9.17) is 18.9 Å². The number of esters is 3. The molecule has 8 heteroatoms. The number of rotatable bonds is 19. The first-order valence-corrected chi connectivity index (χ1v) is 15.6. The zero-order valence-corrected chi connectivity index (χ0v) is 27.5. The maximum Gasteiger partial charge on any atom is 0.343 e. The third-order valence-electron chi connectivity index (χ3n) is 7.71. The average Bonchev–Trinajstić information content (AvgIpc) is 3.00. The number of methoxy groups -OCH3 is 2. The van der Waals surface area contributed by atoms with Crippen LogP contribution in [0, 0.1) is 17.3 Å². The van der Waals surface area contributed by atoms with Crippen LogP contribution < -0.4 is 14.2 Å². The summed E-state index contributed by atoms with van der Waals surface area (Å²) in [6.45, 7) is 11.6. The second-order valence-corrected chi connectivity index (χ2v) is 12.0. The molecule has 0 aliphatic carbocycles. The lowest BCUT2D eigenvalue weighted by Crippen LogP contribution is -2.36. The maximum absolute atomic E-state index is 12.7. The fraction of sp³-hybridized carbons (Fsp3) is 0.528. The molecule has 0 radical (unpaired) electrons. The molecule has 44 heavy (non-hydrogen) atoms. The Morgan fingerprint density at radius 2 is 1.45 bits per heavy atom. The van der Waals surface area contributed by atoms with Crippen LogP contribution in [-0.4, -0.2) is 45.3 Å². The number of carbonyl (C=O) groups is 3. The minimum atomic E-state index is -0.521. The second-order valence-electron chi connectivity index (χ2n) is 12.0. The van der Waals surface area contributed by atoms with Crippen molar-refractivity contribution in [2.24, 2.45) is 17.3 Å². The van der Waals surface area contributed by atoms with E-state index in [1.807, 2.05) is 6.92 Å². The highest BCUT2D eigenvalue weighted by molar-refractivity contribution is 5.91. The molecule has 0 spiro atoms. The van der Waals surface area contributed by atoms with Crippen molar-refractivity contribution < 1.29 is 38.1 Å². The Morgan fingerprint density at radius 1 is 0.818 bits per heavy atom. The van der Waals surface area contributed by atoms with Gasteiger partial charge in [0, 0.05) is 6.08 Å². The zero-order chi connectivity index (χ0) is 32.5. The van der Waals surface area contributed by atoms with E-state index in [0.29, 0.717) is 41.8 Å². The fourth-order valence-electron chi connectivity index (χ4n) is 4.78. The molecule has 2 aromatic carbocycles. The number of ether oxygens (including phenoxy) is 5. The minimum absolute atomic E-state index is 0.0684. The Hall–Kier alpha value is -3.81. The summed E-state index contributed by atoms with van der Waals surface area (Å²) in [5.41, 5.74) is 0.651. The Morgan fingerprint density at radius 3 is 2.05 bits per heavy atom. The van der Waals surface area contributed by atoms with E-state index in [1.54, 1.807) is 48.5 Å². The molecule has 1 atom stereocenters. The van der Waals surface area contributed by atoms with Gasteiger partial charge in [-0.1, -0.05) is 59.4 Å². The molecule has 0 N–H and O–H groups in total. The average molecular weight is 611 g/mol. The van der Waals surface area contributed by atoms with Crippen molar-refractivity contribution >= 4 is 24.0 Å². The zero-order valence-electron chi connectivity index (χ0n) is 27.5. The standard InChI is InChI=1S/C36H50O8/c1-26(2)25-36(5,27(3)4)35(39)43-23-13-11-9-8-10-12-22-42-30-18-16-29(17-19-30)34(38)44-31-20-14-28(24-32(31)40-6)15-21-33(37)41-7/h14-21,24,26-27H,8-13,22-23,25H2,1-7H3/b21-15+. The van der Waals surface area contributed by atoms with Gasteiger partial charge in [-0.05, 0) is 86.1 Å². The molecular weight excluding hydrogens is 560 g/mol. The van der Waals surface area contributed by atoms with E-state index >= 15 is 0 Å². The molecule has 0 aliphatic heterocycles. The summed E-state index contributed by atoms with van der Waals surface area (Å²) < 4.78 is 26.9. The summed E-state index contributed by atoms with van der Waals surface area (Å²) in [5.74, 6) is 0.958. The first-order chi connectivity index (χ1) is 21.0. The molecule has 242 valence electrons. The van der Waals surface area contributed by atoms with Crippen LogP contribution >= 0.6 is 0 Å². The van der Waals surface area contributed by atoms with E-state index < -0.39 is 17.4 Å². The monoisotopic (exact) mass is 610 g/mol. The number of hydrogen-bond acceptors (Lipinski definition) is 8. The van der Waals surface area contributed by atoms with Gasteiger partial charge in [0.15, 0.2) is 11.5 Å². The van der Waals surface area contributed by atoms with Gasteiger partial charge in [0.1, 0.15) is 5.75 Å². The summed E-state index contributed by atoms with van der Waals surface area (Å²) in [6, 6.07) is 11.8. The number of carbonyl (C=O) groups excluding carboxylic acids is 3. The summed E-state index contributed by atoms with van der Waals surface area (Å²) in [6.07, 6.45) is 9.84. The van der Waals surface area contributed by atoms with Crippen LogP contribution in [0.3, 0.4) is 0 Å². The molecule has 0 bridgehead atoms. The smallest absolute Gasteiger partial charge is 0.343 e. The van der Waals surface area contributed by atoms with Crippen molar-refractivity contribution in [2.45, 2.75) is 79.6 Å². The first kappa shape index (κ1) is 36.4. The molecule has 2 aromatic rings. The highest BCUT2D eigenvalue weighted by atomic mass is 16.6. The first-order valence-electron chi connectivity index (χ1n) is 15.6. The SMILES string of the molecule is COC(=O)/C=C/c1ccc(OC(=O)c2ccc(OCCCCCCCCOC(=O)C(C)(CC(C)C)C(C)C)cc2)c(OC)c1. The minimum Gasteiger partial charge on any atom is -0.494 e. The van der Waals surface area contributed by atoms with Gasteiger partial charge in [-0.3, -0.25) is 4.79 Å². The summed E-state index contributed by atoms with van der Waals surface area (Å²) in [5, 5.41) is 0. The molecule has 0 fully saturated rings. The molecule has 0 aliphatic rings. The maximum atomic E-state index is 12.7. The topological polar surface area (TPSA) is 97.4 Å². The van der Waals surface area contributed by atoms with E-state index in [-0.39, 0.29) is 17.6 Å². The number of unbranched alkanes of at least 4 members (excludes halogenated alkanes) is 5. The lowest BCUT2D eigenvalue weighted by atomic mass is 9.73. The normalized spacial score (nSPS) is 12.7. The van der Waals surface area contributed by atoms with Crippen molar-refractivity contribution in [2.75, 3.05) is 27.4 Å². The van der Waals surface area contributed by atoms with Gasteiger partial charge >= 0.3 is 17.9 Å². The van der Waals surface area contributed by atoms with Gasteiger partial charge < -0.3 is 23.7 Å². The van der Waals surface area contributed by atoms with Crippen molar-refractivity contribution in [1.82, 2.24) is 0 Å². The molecule has 0 saturated heterocycles. The lowest BCUT2D eigenvalue weighted by Gasteiger charge is -2.32. The van der Waals surface area contributed by atoms with E-state index in [2.05, 4.69) is 32.4 Å². The summed E-state index contributed by atoms with van der Waals surface area (Å²) in [7, 11) is 2.78. The highest BCUT2D eigenvalue weighted by Gasteiger charge is 2.38. The largest absolute Gasteiger partial charge is 0.494 e. The van der Waals surface area contributed by atoms with Crippen molar-refractivity contribution in [3.63, 3.8) is 0 Å². The predicted molar refractivity (Wildman–Crippen MR) is 172 cm³/mol. The molecule has 8 nitrogen and oxygen atoms in total. The van der Waals surface area contributed by atoms with Crippen LogP contribution in [0.2, 0.25) is 0 Å². The van der Waals surface area contributed by atoms with Crippen molar-refractivity contribution in [3.05, 3.63) is 59.7 Å². The van der Waals surface area contributed by atoms with E-state index in [9.17, 15) is 14.4 Å². The van der Waals surface area contributed by atoms with Crippen molar-refractivity contribution in [3.8, 4) is 17.2 Å². The van der Waals surface area contributed by atoms with Crippen LogP contribution in [0.15, 0.2) is 48.5 Å². The lowest BCUT2D eigenvalue weighted by molar-refractivity contribution is -0.159. The third kappa shape index (κ3) is 12.1. The Balaban J connectivity index is 1.66. The van der Waals surface area contributed by atoms with Gasteiger partial charge in [-0.2, -0.15) is 0 Å². The molecular formula is C36H50O8. The van der Waals surface area contributed by atoms with Crippen LogP contribution in [0.4, 0.5) is 0 Å². The van der Waals surface area contributed by atoms with E-state index in [0.717, 1.165) is 44.9 Å². The fourth-order valence-corrected chi connectivity index (χ4v) is 4.78. The number of hydrogen-bond donors (Lipinski definition) is 0. The third-order valence-corrected chi connectivity index (χ3v) is 7.71. The molecule has 0 aromatic heterocycles. The molecule has 0 heterocycles. The molecule has 2 rings (SSSR count). The summed E-state index contributed by atoms with van der Waals surface area (Å²) >= 11 is 0. The van der Waals surface area contributed by atoms with Gasteiger partial charge in [-0.15, -0.1) is 0 Å². The molecule has 0 amide bonds. The second kappa shape index (κ2) is 18.8. The van der Waals surface area contributed by atoms with Gasteiger partial charge in [0.05, 0.1) is 38.4 Å². The molecule has 1 unspecified atom stereocenters. The van der Waals surface area contributed by atoms with Gasteiger partial charge in [0.25, 0.3) is 0 Å². The summed E-state index contributed by atoms with van der Waals surface area (Å²) in [4.78, 5) is 36.7. The highest BCUT2D eigenvalue weighted by Crippen LogP contribution is 2.35. The van der Waals surface area contributed by atoms with Crippen LogP contribution in [0.5, 0.6) is 17.2 Å². The van der Waals surface area contributed by atoms with Crippen molar-refractivity contribution in [1.29, 1.82) is 0 Å². The predicted octanol–water partition coefficient (Wildman–Crippen LogP) is 8.07. The van der Waals surface area contributed by atoms with E-state index in [1.165, 1.54) is 20.3 Å². The van der Waals surface area contributed by atoms with Gasteiger partial charge in [0.2, 0.25) is 0 Å². The van der Waals surface area contributed by atoms with Crippen LogP contribution in [-0.2, 0) is 19.1 Å². The molecule has 0 saturated carbocycles. The Labute approximate surface area is 263 Å². The number of benzene rings is 2. The van der Waals surface area contributed by atoms with Crippen LogP contribution in [0.1, 0.15) is 95.5 Å². The Kier molecular flexibility index (Phi) is 15.5. The quantitative estimate of drug-likeness (QED) is 0.0682. The Bertz CT molecular complexity index is 1220. The van der Waals surface area contributed by atoms with Gasteiger partial charge in [-0.25, -0.2) is 9.59 Å². The van der Waals surface area contributed by atoms with Crippen LogP contribution in [0.25, 0.3) is 6.08 Å².